The fraction of sp³-hybridized carbons (Fsp3) is 0.200. The average Bonchev–Trinajstić information content (AvgIpc) is 3.28. The van der Waals surface area contributed by atoms with Gasteiger partial charge in [0.1, 0.15) is 11.0 Å². The topological polar surface area (TPSA) is 70.7 Å². The number of hydrogen-bond donors (Lipinski definition) is 2. The van der Waals surface area contributed by atoms with Crippen LogP contribution in [-0.4, -0.2) is 23.2 Å². The zero-order valence-electron chi connectivity index (χ0n) is 25.5. The summed E-state index contributed by atoms with van der Waals surface area (Å²) in [6.07, 6.45) is 1.39. The highest BCUT2D eigenvalue weighted by Gasteiger charge is 2.38. The molecule has 4 aromatic carbocycles. The van der Waals surface area contributed by atoms with Crippen LogP contribution in [0.3, 0.4) is 0 Å². The van der Waals surface area contributed by atoms with E-state index in [0.29, 0.717) is 49.9 Å². The largest absolute Gasteiger partial charge is 0.480 e. The Kier molecular flexibility index (Phi) is 10.8. The molecule has 2 unspecified atom stereocenters. The molecule has 0 aliphatic carbocycles. The number of nitrogens with zero attached hydrogens (tertiary/aromatic N) is 1. The van der Waals surface area contributed by atoms with E-state index in [1.807, 2.05) is 76.2 Å². The molecule has 0 aromatic heterocycles. The minimum atomic E-state index is -0.772. The molecule has 0 radical (unpaired) electrons. The molecule has 0 saturated heterocycles. The molecular weight excluding hydrogens is 684 g/mol. The van der Waals surface area contributed by atoms with Crippen LogP contribution in [0.5, 0.6) is 5.75 Å². The van der Waals surface area contributed by atoms with E-state index in [4.69, 9.17) is 51.1 Å². The van der Waals surface area contributed by atoms with Crippen molar-refractivity contribution in [1.82, 2.24) is 0 Å². The van der Waals surface area contributed by atoms with E-state index < -0.39 is 11.4 Å². The van der Waals surface area contributed by atoms with Crippen LogP contribution < -0.4 is 20.3 Å². The maximum atomic E-state index is 14.1. The number of aryl methyl sites for hydroxylation is 3. The van der Waals surface area contributed by atoms with Crippen LogP contribution in [0.25, 0.3) is 0 Å². The minimum Gasteiger partial charge on any atom is -0.480 e. The van der Waals surface area contributed by atoms with Crippen molar-refractivity contribution in [3.8, 4) is 5.75 Å². The molecule has 6 nitrogen and oxygen atoms in total. The molecule has 0 fully saturated rings. The van der Waals surface area contributed by atoms with Gasteiger partial charge in [-0.05, 0) is 80.8 Å². The Morgan fingerprint density at radius 2 is 1.57 bits per heavy atom. The van der Waals surface area contributed by atoms with Crippen molar-refractivity contribution in [2.75, 3.05) is 15.5 Å². The van der Waals surface area contributed by atoms with Crippen LogP contribution in [0.1, 0.15) is 30.0 Å². The summed E-state index contributed by atoms with van der Waals surface area (Å²) < 4.78 is 6.13. The second-order valence-electron chi connectivity index (χ2n) is 10.9. The normalized spacial score (nSPS) is 15.0. The van der Waals surface area contributed by atoms with Crippen molar-refractivity contribution in [2.45, 2.75) is 50.4 Å². The fourth-order valence-corrected chi connectivity index (χ4v) is 7.27. The molecule has 5 rings (SSSR count). The van der Waals surface area contributed by atoms with E-state index in [-0.39, 0.29) is 21.9 Å². The first-order valence-electron chi connectivity index (χ1n) is 14.5. The maximum absolute atomic E-state index is 14.1. The van der Waals surface area contributed by atoms with Crippen molar-refractivity contribution >= 4 is 87.0 Å². The predicted molar refractivity (Wildman–Crippen MR) is 192 cm³/mol. The first-order chi connectivity index (χ1) is 21.9. The van der Waals surface area contributed by atoms with Gasteiger partial charge in [0.25, 0.3) is 11.8 Å². The number of anilines is 3. The Morgan fingerprint density at radius 1 is 0.891 bits per heavy atom. The molecule has 2 N–H and O–H groups in total. The smallest absolute Gasteiger partial charge is 0.265 e. The number of hydrogen-bond acceptors (Lipinski definition) is 5. The lowest BCUT2D eigenvalue weighted by atomic mass is 10.1. The summed E-state index contributed by atoms with van der Waals surface area (Å²) >= 11 is 27.0. The summed E-state index contributed by atoms with van der Waals surface area (Å²) in [4.78, 5) is 29.7. The number of rotatable bonds is 10. The Morgan fingerprint density at radius 3 is 2.26 bits per heavy atom. The summed E-state index contributed by atoms with van der Waals surface area (Å²) in [5.41, 5.74) is 5.10. The van der Waals surface area contributed by atoms with E-state index in [1.54, 1.807) is 18.3 Å². The van der Waals surface area contributed by atoms with Crippen LogP contribution in [0.2, 0.25) is 20.1 Å². The first-order valence-corrected chi connectivity index (χ1v) is 16.9. The number of carbonyl (C=O) groups excluding carboxylic acids is 2. The molecule has 4 aromatic rings. The van der Waals surface area contributed by atoms with Gasteiger partial charge in [0.15, 0.2) is 6.10 Å². The quantitative estimate of drug-likeness (QED) is 0.171. The predicted octanol–water partition coefficient (Wildman–Crippen LogP) is 10.5. The van der Waals surface area contributed by atoms with Gasteiger partial charge in [0.2, 0.25) is 0 Å². The van der Waals surface area contributed by atoms with Gasteiger partial charge in [-0.1, -0.05) is 89.2 Å². The van der Waals surface area contributed by atoms with Gasteiger partial charge >= 0.3 is 0 Å². The number of benzene rings is 4. The third kappa shape index (κ3) is 7.62. The average molecular weight is 716 g/mol. The molecule has 0 bridgehead atoms. The SMILES string of the molecule is CCC(Oc1ccc(C)cc1C)C(=O)Nc1ccccc1SC1C(=O)N(c2c(Cl)cc(Cl)cc2Cl)C=C1Nc1cc(C)ccc1Cl. The molecule has 1 aliphatic rings. The zero-order valence-corrected chi connectivity index (χ0v) is 29.3. The van der Waals surface area contributed by atoms with E-state index in [0.717, 1.165) is 16.7 Å². The lowest BCUT2D eigenvalue weighted by molar-refractivity contribution is -0.122. The highest BCUT2D eigenvalue weighted by molar-refractivity contribution is 8.01. The van der Waals surface area contributed by atoms with Crippen LogP contribution in [0, 0.1) is 20.8 Å². The molecular formula is C35H31Cl4N3O3S. The Labute approximate surface area is 293 Å². The molecule has 1 aliphatic heterocycles. The Balaban J connectivity index is 1.45. The van der Waals surface area contributed by atoms with Gasteiger partial charge in [0.05, 0.1) is 37.8 Å². The van der Waals surface area contributed by atoms with Crippen LogP contribution in [-0.2, 0) is 9.59 Å². The Hall–Kier alpha value is -3.33. The third-order valence-corrected chi connectivity index (χ3v) is 9.71. The molecule has 46 heavy (non-hydrogen) atoms. The second kappa shape index (κ2) is 14.6. The van der Waals surface area contributed by atoms with Crippen molar-refractivity contribution in [1.29, 1.82) is 0 Å². The number of amides is 2. The molecule has 2 atom stereocenters. The maximum Gasteiger partial charge on any atom is 0.265 e. The zero-order chi connectivity index (χ0) is 33.1. The fourth-order valence-electron chi connectivity index (χ4n) is 4.99. The molecule has 0 spiro atoms. The van der Waals surface area contributed by atoms with E-state index >= 15 is 0 Å². The molecule has 1 heterocycles. The van der Waals surface area contributed by atoms with Crippen LogP contribution >= 0.6 is 58.2 Å². The van der Waals surface area contributed by atoms with E-state index in [1.165, 1.54) is 28.8 Å². The molecule has 11 heteroatoms. The molecule has 238 valence electrons. The summed E-state index contributed by atoms with van der Waals surface area (Å²) in [6, 6.07) is 21.8. The summed E-state index contributed by atoms with van der Waals surface area (Å²) in [6.45, 7) is 7.81. The Bertz CT molecular complexity index is 1830. The van der Waals surface area contributed by atoms with Crippen molar-refractivity contribution in [3.05, 3.63) is 121 Å². The van der Waals surface area contributed by atoms with Gasteiger partial charge in [-0.2, -0.15) is 0 Å². The highest BCUT2D eigenvalue weighted by atomic mass is 35.5. The van der Waals surface area contributed by atoms with Crippen molar-refractivity contribution in [3.63, 3.8) is 0 Å². The van der Waals surface area contributed by atoms with Gasteiger partial charge in [-0.15, -0.1) is 11.8 Å². The summed E-state index contributed by atoms with van der Waals surface area (Å²) in [7, 11) is 0. The number of nitrogens with one attached hydrogen (secondary N) is 2. The minimum absolute atomic E-state index is 0.225. The van der Waals surface area contributed by atoms with Gasteiger partial charge in [-0.3, -0.25) is 14.5 Å². The van der Waals surface area contributed by atoms with Crippen molar-refractivity contribution in [2.24, 2.45) is 0 Å². The van der Waals surface area contributed by atoms with Gasteiger partial charge in [0, 0.05) is 16.1 Å². The van der Waals surface area contributed by atoms with Gasteiger partial charge < -0.3 is 15.4 Å². The lowest BCUT2D eigenvalue weighted by Gasteiger charge is -2.22. The number of halogens is 4. The van der Waals surface area contributed by atoms with Crippen molar-refractivity contribution < 1.29 is 14.3 Å². The van der Waals surface area contributed by atoms with E-state index in [9.17, 15) is 9.59 Å². The van der Waals surface area contributed by atoms with Crippen LogP contribution in [0.4, 0.5) is 17.1 Å². The van der Waals surface area contributed by atoms with Gasteiger partial charge in [-0.25, -0.2) is 0 Å². The first kappa shape index (κ1) is 34.0. The standard InChI is InChI=1S/C35H31Cl4N3O3S/c1-5-29(45-30-13-11-19(2)14-21(30)4)34(43)41-26-8-6-7-9-31(26)46-33-28(40-27-15-20(3)10-12-23(27)37)18-42(35(33)44)32-24(38)16-22(36)17-25(32)39/h6-18,29,33,40H,5H2,1-4H3,(H,41,43). The number of para-hydroxylation sites is 1. The van der Waals surface area contributed by atoms with Crippen LogP contribution in [0.15, 0.2) is 89.6 Å². The highest BCUT2D eigenvalue weighted by Crippen LogP contribution is 2.44. The second-order valence-corrected chi connectivity index (χ2v) is 13.7. The number of ether oxygens (including phenoxy) is 1. The number of thioether (sulfide) groups is 1. The number of carbonyl (C=O) groups is 2. The summed E-state index contributed by atoms with van der Waals surface area (Å²) in [5, 5.41) is 6.89. The third-order valence-electron chi connectivity index (χ3n) is 7.29. The van der Waals surface area contributed by atoms with E-state index in [2.05, 4.69) is 10.6 Å². The summed E-state index contributed by atoms with van der Waals surface area (Å²) in [5.74, 6) is 0.0605. The monoisotopic (exact) mass is 713 g/mol. The molecule has 0 saturated carbocycles. The molecule has 2 amide bonds. The lowest BCUT2D eigenvalue weighted by Crippen LogP contribution is -2.33.